The van der Waals surface area contributed by atoms with E-state index in [2.05, 4.69) is 28.1 Å². The van der Waals surface area contributed by atoms with Crippen LogP contribution in [-0.4, -0.2) is 18.3 Å². The van der Waals surface area contributed by atoms with E-state index in [9.17, 15) is 0 Å². The van der Waals surface area contributed by atoms with Gasteiger partial charge in [-0.2, -0.15) is 0 Å². The molecule has 3 rings (SSSR count). The van der Waals surface area contributed by atoms with Gasteiger partial charge in [0.05, 0.1) is 5.69 Å². The summed E-state index contributed by atoms with van der Waals surface area (Å²) in [7, 11) is 0. The predicted molar refractivity (Wildman–Crippen MR) is 88.1 cm³/mol. The van der Waals surface area contributed by atoms with E-state index in [4.69, 9.17) is 17.0 Å². The van der Waals surface area contributed by atoms with Gasteiger partial charge in [0, 0.05) is 13.1 Å². The molecule has 5 heteroatoms. The van der Waals surface area contributed by atoms with E-state index >= 15 is 0 Å². The van der Waals surface area contributed by atoms with Crippen LogP contribution in [0.4, 0.5) is 11.4 Å². The number of benzene rings is 2. The summed E-state index contributed by atoms with van der Waals surface area (Å²) in [6, 6.07) is 16.1. The molecule has 2 aromatic carbocycles. The zero-order chi connectivity index (χ0) is 14.5. The van der Waals surface area contributed by atoms with Crippen molar-refractivity contribution in [3.05, 3.63) is 54.1 Å². The average Bonchev–Trinajstić information content (AvgIpc) is 2.89. The predicted octanol–water partition coefficient (Wildman–Crippen LogP) is 2.80. The Bertz CT molecular complexity index is 631. The lowest BCUT2D eigenvalue weighted by atomic mass is 10.2. The van der Waals surface area contributed by atoms with Crippen molar-refractivity contribution in [1.82, 2.24) is 10.6 Å². The number of ether oxygens (including phenoxy) is 1. The van der Waals surface area contributed by atoms with Crippen molar-refractivity contribution in [2.24, 2.45) is 0 Å². The van der Waals surface area contributed by atoms with Gasteiger partial charge in [-0.3, -0.25) is 0 Å². The molecule has 2 N–H and O–H groups in total. The maximum absolute atomic E-state index is 5.78. The molecule has 0 fully saturated rings. The monoisotopic (exact) mass is 298 g/mol. The largest absolute Gasteiger partial charge is 0.490 e. The summed E-state index contributed by atoms with van der Waals surface area (Å²) in [5.41, 5.74) is 2.97. The molecule has 0 unspecified atom stereocenters. The van der Waals surface area contributed by atoms with Crippen LogP contribution in [0.5, 0.6) is 5.75 Å². The zero-order valence-electron chi connectivity index (χ0n) is 11.5. The third-order valence-electron chi connectivity index (χ3n) is 3.16. The quantitative estimate of drug-likeness (QED) is 0.636. The number of nitrogens with zero attached hydrogens (tertiary/aromatic N) is 1. The fraction of sp³-hybridized carbons (Fsp3) is 0.188. The van der Waals surface area contributed by atoms with Gasteiger partial charge in [-0.1, -0.05) is 36.4 Å². The molecule has 0 saturated heterocycles. The summed E-state index contributed by atoms with van der Waals surface area (Å²) >= 11 is 5.05. The molecule has 0 atom stereocenters. The highest BCUT2D eigenvalue weighted by Gasteiger charge is 2.19. The van der Waals surface area contributed by atoms with Gasteiger partial charge in [-0.25, -0.2) is 5.32 Å². The number of fused-ring (bicyclic) bond motifs is 1. The standard InChI is InChI=1S/C16H16N3OS/c21-16-18-13-7-4-8-14(15(13)19-16)20-10-9-17-11-12-5-2-1-3-6-12/h1-8,17H,9-11H2,(H,18,21). The number of anilines is 1. The summed E-state index contributed by atoms with van der Waals surface area (Å²) < 4.78 is 5.78. The number of rotatable bonds is 6. The maximum Gasteiger partial charge on any atom is 0.198 e. The SMILES string of the molecule is S=C1[N]c2c(cccc2OCCNCc2ccccc2)N1. The second kappa shape index (κ2) is 6.56. The minimum atomic E-state index is 0.489. The first kappa shape index (κ1) is 13.9. The lowest BCUT2D eigenvalue weighted by Gasteiger charge is -2.10. The van der Waals surface area contributed by atoms with E-state index in [1.165, 1.54) is 5.56 Å². The van der Waals surface area contributed by atoms with Crippen molar-refractivity contribution < 1.29 is 4.74 Å². The normalized spacial score (nSPS) is 12.5. The Morgan fingerprint density at radius 1 is 1.10 bits per heavy atom. The molecule has 2 aromatic rings. The van der Waals surface area contributed by atoms with Crippen molar-refractivity contribution in [1.29, 1.82) is 0 Å². The van der Waals surface area contributed by atoms with Crippen LogP contribution >= 0.6 is 12.2 Å². The summed E-state index contributed by atoms with van der Waals surface area (Å²) in [5.74, 6) is 0.765. The third kappa shape index (κ3) is 3.51. The van der Waals surface area contributed by atoms with Gasteiger partial charge in [0.15, 0.2) is 5.11 Å². The topological polar surface area (TPSA) is 47.4 Å². The Morgan fingerprint density at radius 3 is 2.81 bits per heavy atom. The fourth-order valence-electron chi connectivity index (χ4n) is 2.16. The molecule has 1 heterocycles. The number of thiocarbonyl (C=S) groups is 1. The summed E-state index contributed by atoms with van der Waals surface area (Å²) in [4.78, 5) is 0. The smallest absolute Gasteiger partial charge is 0.198 e. The molecule has 1 radical (unpaired) electrons. The number of hydrogen-bond acceptors (Lipinski definition) is 3. The second-order valence-corrected chi connectivity index (χ2v) is 5.09. The third-order valence-corrected chi connectivity index (χ3v) is 3.36. The minimum Gasteiger partial charge on any atom is -0.490 e. The highest BCUT2D eigenvalue weighted by molar-refractivity contribution is 7.80. The Hall–Kier alpha value is -2.11. The minimum absolute atomic E-state index is 0.489. The molecule has 1 aliphatic heterocycles. The van der Waals surface area contributed by atoms with Crippen LogP contribution in [0.1, 0.15) is 5.56 Å². The summed E-state index contributed by atoms with van der Waals surface area (Å²) in [6.07, 6.45) is 0. The van der Waals surface area contributed by atoms with Crippen LogP contribution in [0.15, 0.2) is 48.5 Å². The average molecular weight is 298 g/mol. The van der Waals surface area contributed by atoms with Crippen molar-refractivity contribution in [3.8, 4) is 5.75 Å². The summed E-state index contributed by atoms with van der Waals surface area (Å²) in [5, 5.41) is 11.1. The van der Waals surface area contributed by atoms with Crippen LogP contribution in [-0.2, 0) is 6.54 Å². The van der Waals surface area contributed by atoms with Crippen molar-refractivity contribution >= 4 is 28.7 Å². The fourth-order valence-corrected chi connectivity index (χ4v) is 2.36. The Morgan fingerprint density at radius 2 is 1.95 bits per heavy atom. The molecule has 1 aliphatic rings. The van der Waals surface area contributed by atoms with Crippen LogP contribution < -0.4 is 20.7 Å². The lowest BCUT2D eigenvalue weighted by molar-refractivity contribution is 0.314. The Labute approximate surface area is 129 Å². The molecule has 4 nitrogen and oxygen atoms in total. The van der Waals surface area contributed by atoms with Gasteiger partial charge in [-0.15, -0.1) is 0 Å². The van der Waals surface area contributed by atoms with Crippen LogP contribution in [0, 0.1) is 0 Å². The van der Waals surface area contributed by atoms with Crippen LogP contribution in [0.3, 0.4) is 0 Å². The highest BCUT2D eigenvalue weighted by Crippen LogP contribution is 2.36. The van der Waals surface area contributed by atoms with Crippen LogP contribution in [0.25, 0.3) is 0 Å². The lowest BCUT2D eigenvalue weighted by Crippen LogP contribution is -2.20. The Kier molecular flexibility index (Phi) is 4.33. The van der Waals surface area contributed by atoms with Gasteiger partial charge >= 0.3 is 0 Å². The first-order chi connectivity index (χ1) is 10.3. The van der Waals surface area contributed by atoms with E-state index in [0.717, 1.165) is 30.2 Å². The first-order valence-corrected chi connectivity index (χ1v) is 7.27. The van der Waals surface area contributed by atoms with Gasteiger partial charge < -0.3 is 15.4 Å². The van der Waals surface area contributed by atoms with Gasteiger partial charge in [0.25, 0.3) is 0 Å². The maximum atomic E-state index is 5.78. The molecule has 0 amide bonds. The molecule has 21 heavy (non-hydrogen) atoms. The number of nitrogens with one attached hydrogen (secondary N) is 2. The molecule has 0 aromatic heterocycles. The van der Waals surface area contributed by atoms with E-state index < -0.39 is 0 Å². The highest BCUT2D eigenvalue weighted by atomic mass is 32.1. The van der Waals surface area contributed by atoms with Crippen molar-refractivity contribution in [2.45, 2.75) is 6.54 Å². The first-order valence-electron chi connectivity index (χ1n) is 6.86. The van der Waals surface area contributed by atoms with Gasteiger partial charge in [0.1, 0.15) is 18.0 Å². The second-order valence-electron chi connectivity index (χ2n) is 4.71. The van der Waals surface area contributed by atoms with Crippen LogP contribution in [0.2, 0.25) is 0 Å². The molecular weight excluding hydrogens is 282 g/mol. The zero-order valence-corrected chi connectivity index (χ0v) is 12.3. The van der Waals surface area contributed by atoms with Gasteiger partial charge in [0.2, 0.25) is 0 Å². The van der Waals surface area contributed by atoms with E-state index in [-0.39, 0.29) is 0 Å². The van der Waals surface area contributed by atoms with Crippen molar-refractivity contribution in [3.63, 3.8) is 0 Å². The Balaban J connectivity index is 1.46. The molecule has 0 saturated carbocycles. The molecule has 0 bridgehead atoms. The van der Waals surface area contributed by atoms with Crippen molar-refractivity contribution in [2.75, 3.05) is 18.5 Å². The summed E-state index contributed by atoms with van der Waals surface area (Å²) in [6.45, 7) is 2.20. The van der Waals surface area contributed by atoms with Gasteiger partial charge in [-0.05, 0) is 29.9 Å². The van der Waals surface area contributed by atoms with E-state index in [1.54, 1.807) is 0 Å². The molecule has 0 spiro atoms. The number of hydrogen-bond donors (Lipinski definition) is 2. The number of para-hydroxylation sites is 1. The molecule has 0 aliphatic carbocycles. The van der Waals surface area contributed by atoms with E-state index in [1.807, 2.05) is 36.4 Å². The molecule has 107 valence electrons. The molecular formula is C16H16N3OS. The van der Waals surface area contributed by atoms with E-state index in [0.29, 0.717) is 11.7 Å².